The molecule has 0 unspecified atom stereocenters. The van der Waals surface area contributed by atoms with Crippen LogP contribution in [0.15, 0.2) is 71.6 Å². The summed E-state index contributed by atoms with van der Waals surface area (Å²) in [6.07, 6.45) is 0.967. The lowest BCUT2D eigenvalue weighted by molar-refractivity contribution is 0.0967. The molecule has 0 radical (unpaired) electrons. The second kappa shape index (κ2) is 10.1. The van der Waals surface area contributed by atoms with E-state index in [1.807, 2.05) is 43.3 Å². The molecule has 34 heavy (non-hydrogen) atoms. The number of nitrogens with zero attached hydrogens (tertiary/aromatic N) is 3. The van der Waals surface area contributed by atoms with Crippen molar-refractivity contribution < 1.29 is 17.9 Å². The second-order valence-corrected chi connectivity index (χ2v) is 10.5. The summed E-state index contributed by atoms with van der Waals surface area (Å²) >= 11 is 6.15. The molecule has 0 aliphatic carbocycles. The van der Waals surface area contributed by atoms with Gasteiger partial charge in [0.1, 0.15) is 11.6 Å². The lowest BCUT2D eigenvalue weighted by atomic mass is 10.0. The average Bonchev–Trinajstić information content (AvgIpc) is 2.85. The predicted molar refractivity (Wildman–Crippen MR) is 132 cm³/mol. The third kappa shape index (κ3) is 4.94. The number of pyridine rings is 1. The molecule has 0 N–H and O–H groups in total. The monoisotopic (exact) mass is 499 g/mol. The maximum Gasteiger partial charge on any atom is 0.259 e. The number of rotatable bonds is 6. The van der Waals surface area contributed by atoms with Crippen molar-refractivity contribution in [2.45, 2.75) is 30.7 Å². The highest BCUT2D eigenvalue weighted by Gasteiger charge is 2.35. The highest BCUT2D eigenvalue weighted by Crippen LogP contribution is 2.31. The molecule has 1 aliphatic heterocycles. The van der Waals surface area contributed by atoms with Gasteiger partial charge in [-0.2, -0.15) is 4.31 Å². The van der Waals surface area contributed by atoms with Crippen molar-refractivity contribution in [2.24, 2.45) is 0 Å². The molecule has 1 aliphatic rings. The van der Waals surface area contributed by atoms with E-state index in [0.29, 0.717) is 30.0 Å². The molecule has 3 aromatic rings. The van der Waals surface area contributed by atoms with Crippen LogP contribution in [0.5, 0.6) is 5.75 Å². The normalized spacial score (nSPS) is 15.1. The Kier molecular flexibility index (Phi) is 7.21. The van der Waals surface area contributed by atoms with E-state index < -0.39 is 10.0 Å². The molecule has 0 saturated carbocycles. The topological polar surface area (TPSA) is 79.8 Å². The number of hydrogen-bond donors (Lipinski definition) is 0. The molecular weight excluding hydrogens is 474 g/mol. The van der Waals surface area contributed by atoms with Crippen LogP contribution in [0.25, 0.3) is 0 Å². The lowest BCUT2D eigenvalue weighted by Gasteiger charge is -2.37. The van der Waals surface area contributed by atoms with Gasteiger partial charge in [0, 0.05) is 30.4 Å². The Morgan fingerprint density at radius 1 is 1.06 bits per heavy atom. The van der Waals surface area contributed by atoms with E-state index in [1.165, 1.54) is 23.5 Å². The van der Waals surface area contributed by atoms with E-state index in [1.54, 1.807) is 23.1 Å². The van der Waals surface area contributed by atoms with Crippen LogP contribution in [-0.2, 0) is 10.0 Å². The van der Waals surface area contributed by atoms with Crippen molar-refractivity contribution in [3.8, 4) is 5.75 Å². The Morgan fingerprint density at radius 3 is 2.38 bits per heavy atom. The fourth-order valence-electron chi connectivity index (χ4n) is 4.14. The fraction of sp³-hybridized carbons (Fsp3) is 0.280. The smallest absolute Gasteiger partial charge is 0.259 e. The van der Waals surface area contributed by atoms with Crippen LogP contribution in [0.2, 0.25) is 5.02 Å². The zero-order valence-corrected chi connectivity index (χ0v) is 20.6. The molecule has 1 aromatic heterocycles. The lowest BCUT2D eigenvalue weighted by Crippen LogP contribution is -2.49. The number of aryl methyl sites for hydroxylation is 1. The molecule has 2 heterocycles. The maximum atomic E-state index is 13.5. The number of piperidine rings is 1. The van der Waals surface area contributed by atoms with Gasteiger partial charge in [-0.05, 0) is 62.2 Å². The van der Waals surface area contributed by atoms with Gasteiger partial charge < -0.3 is 4.74 Å². The number of ether oxygens (including phenoxy) is 1. The summed E-state index contributed by atoms with van der Waals surface area (Å²) in [5, 5.41) is 0.239. The van der Waals surface area contributed by atoms with E-state index in [0.717, 1.165) is 5.69 Å². The molecule has 4 rings (SSSR count). The maximum absolute atomic E-state index is 13.5. The van der Waals surface area contributed by atoms with E-state index in [4.69, 9.17) is 16.3 Å². The van der Waals surface area contributed by atoms with Gasteiger partial charge in [0.2, 0.25) is 10.0 Å². The van der Waals surface area contributed by atoms with Gasteiger partial charge in [0.15, 0.2) is 0 Å². The van der Waals surface area contributed by atoms with Gasteiger partial charge in [-0.25, -0.2) is 13.4 Å². The van der Waals surface area contributed by atoms with Gasteiger partial charge in [0.05, 0.1) is 17.0 Å². The number of halogens is 1. The van der Waals surface area contributed by atoms with Crippen molar-refractivity contribution in [2.75, 3.05) is 25.1 Å². The Hall–Kier alpha value is -2.94. The van der Waals surface area contributed by atoms with Gasteiger partial charge in [0.25, 0.3) is 5.91 Å². The Morgan fingerprint density at radius 2 is 1.76 bits per heavy atom. The Balaban J connectivity index is 1.57. The van der Waals surface area contributed by atoms with Crippen LogP contribution in [0, 0.1) is 6.92 Å². The molecule has 0 atom stereocenters. The van der Waals surface area contributed by atoms with E-state index >= 15 is 0 Å². The Labute approximate surface area is 205 Å². The summed E-state index contributed by atoms with van der Waals surface area (Å²) in [4.78, 5) is 19.9. The number of sulfonamides is 1. The minimum Gasteiger partial charge on any atom is -0.495 e. The first-order valence-electron chi connectivity index (χ1n) is 11.0. The highest BCUT2D eigenvalue weighted by atomic mass is 35.5. The molecule has 178 valence electrons. The van der Waals surface area contributed by atoms with Crippen molar-refractivity contribution in [1.29, 1.82) is 0 Å². The number of amides is 1. The summed E-state index contributed by atoms with van der Waals surface area (Å²) in [7, 11) is -2.25. The third-order valence-electron chi connectivity index (χ3n) is 5.91. The number of carbonyl (C=O) groups excluding carboxylic acids is 1. The first-order valence-corrected chi connectivity index (χ1v) is 12.8. The van der Waals surface area contributed by atoms with Crippen molar-refractivity contribution >= 4 is 33.3 Å². The van der Waals surface area contributed by atoms with Gasteiger partial charge in [-0.3, -0.25) is 9.69 Å². The zero-order valence-electron chi connectivity index (χ0n) is 19.0. The van der Waals surface area contributed by atoms with Crippen molar-refractivity contribution in [1.82, 2.24) is 9.29 Å². The third-order valence-corrected chi connectivity index (χ3v) is 8.10. The zero-order chi connectivity index (χ0) is 24.3. The standard InChI is InChI=1S/C25H26ClN3O4S/c1-18-7-6-10-24(27-18)29(25(30)19-8-4-3-5-9-19)20-13-15-28(16-14-20)34(31,32)21-11-12-23(33-2)22(26)17-21/h3-12,17,20H,13-16H2,1-2H3. The molecule has 1 amide bonds. The SMILES string of the molecule is COc1ccc(S(=O)(=O)N2CCC(N(C(=O)c3ccccc3)c3cccc(C)n3)CC2)cc1Cl. The van der Waals surface area contributed by atoms with Crippen molar-refractivity contribution in [3.05, 3.63) is 83.0 Å². The molecule has 0 spiro atoms. The summed E-state index contributed by atoms with van der Waals surface area (Å²) in [6, 6.07) is 18.9. The number of hydrogen-bond acceptors (Lipinski definition) is 5. The molecule has 1 saturated heterocycles. The first-order chi connectivity index (χ1) is 16.3. The molecule has 2 aromatic carbocycles. The van der Waals surface area contributed by atoms with Gasteiger partial charge in [-0.15, -0.1) is 0 Å². The van der Waals surface area contributed by atoms with Crippen molar-refractivity contribution in [3.63, 3.8) is 0 Å². The molecule has 1 fully saturated rings. The van der Waals surface area contributed by atoms with Crippen LogP contribution in [-0.4, -0.2) is 49.9 Å². The Bertz CT molecular complexity index is 1280. The first kappa shape index (κ1) is 24.2. The molecule has 9 heteroatoms. The number of methoxy groups -OCH3 is 1. The predicted octanol–water partition coefficient (Wildman–Crippen LogP) is 4.55. The van der Waals surface area contributed by atoms with Crippen LogP contribution >= 0.6 is 11.6 Å². The molecule has 7 nitrogen and oxygen atoms in total. The number of carbonyl (C=O) groups is 1. The summed E-state index contributed by atoms with van der Waals surface area (Å²) in [5.41, 5.74) is 1.37. The fourth-order valence-corrected chi connectivity index (χ4v) is 5.96. The van der Waals surface area contributed by atoms with Crippen LogP contribution in [0.1, 0.15) is 28.9 Å². The van der Waals surface area contributed by atoms with Crippen LogP contribution in [0.3, 0.4) is 0 Å². The average molecular weight is 500 g/mol. The number of anilines is 1. The summed E-state index contributed by atoms with van der Waals surface area (Å²) < 4.78 is 33.0. The number of aromatic nitrogens is 1. The quantitative estimate of drug-likeness (QED) is 0.497. The summed E-state index contributed by atoms with van der Waals surface area (Å²) in [6.45, 7) is 2.44. The highest BCUT2D eigenvalue weighted by molar-refractivity contribution is 7.89. The molecular formula is C25H26ClN3O4S. The molecule has 0 bridgehead atoms. The van der Waals surface area contributed by atoms with Gasteiger partial charge in [-0.1, -0.05) is 35.9 Å². The second-order valence-electron chi connectivity index (χ2n) is 8.11. The van der Waals surface area contributed by atoms with Crippen LogP contribution < -0.4 is 9.64 Å². The summed E-state index contributed by atoms with van der Waals surface area (Å²) in [5.74, 6) is 0.832. The minimum atomic E-state index is -3.73. The number of benzene rings is 2. The largest absolute Gasteiger partial charge is 0.495 e. The minimum absolute atomic E-state index is 0.120. The van der Waals surface area contributed by atoms with E-state index in [2.05, 4.69) is 4.98 Å². The van der Waals surface area contributed by atoms with E-state index in [-0.39, 0.29) is 35.0 Å². The van der Waals surface area contributed by atoms with Gasteiger partial charge >= 0.3 is 0 Å². The van der Waals surface area contributed by atoms with Crippen LogP contribution in [0.4, 0.5) is 5.82 Å². The van der Waals surface area contributed by atoms with E-state index in [9.17, 15) is 13.2 Å².